The smallest absolute Gasteiger partial charge is 0.255 e. The lowest BCUT2D eigenvalue weighted by molar-refractivity contribution is 0.657. The van der Waals surface area contributed by atoms with Crippen LogP contribution in [-0.4, -0.2) is 9.97 Å². The highest BCUT2D eigenvalue weighted by Gasteiger charge is 2.23. The minimum absolute atomic E-state index is 0.104. The first-order valence-corrected chi connectivity index (χ1v) is 6.70. The van der Waals surface area contributed by atoms with Crippen molar-refractivity contribution in [1.82, 2.24) is 9.97 Å². The number of nitrogens with zero attached hydrogens (tertiary/aromatic N) is 1. The van der Waals surface area contributed by atoms with Gasteiger partial charge in [0.05, 0.1) is 5.69 Å². The van der Waals surface area contributed by atoms with Crippen LogP contribution in [0.1, 0.15) is 48.7 Å². The lowest BCUT2D eigenvalue weighted by Gasteiger charge is -2.09. The number of aromatic amines is 1. The van der Waals surface area contributed by atoms with Crippen molar-refractivity contribution in [2.24, 2.45) is 0 Å². The maximum atomic E-state index is 11.8. The Bertz CT molecular complexity index is 435. The predicted octanol–water partition coefficient (Wildman–Crippen LogP) is 2.17. The molecule has 4 heteroatoms. The maximum absolute atomic E-state index is 11.8. The zero-order valence-corrected chi connectivity index (χ0v) is 9.40. The van der Waals surface area contributed by atoms with Gasteiger partial charge in [-0.05, 0) is 12.8 Å². The van der Waals surface area contributed by atoms with Crippen LogP contribution >= 0.6 is 11.8 Å². The van der Waals surface area contributed by atoms with Crippen LogP contribution in [0.3, 0.4) is 0 Å². The molecule has 2 aliphatic rings. The highest BCUT2D eigenvalue weighted by atomic mass is 32.2. The van der Waals surface area contributed by atoms with Gasteiger partial charge >= 0.3 is 0 Å². The SMILES string of the molecule is O=c1[nH]c(C2CCCC2)nc2c1CSC2. The van der Waals surface area contributed by atoms with Gasteiger partial charge in [0.15, 0.2) is 0 Å². The van der Waals surface area contributed by atoms with Crippen LogP contribution in [-0.2, 0) is 11.5 Å². The molecule has 0 unspecified atom stereocenters. The van der Waals surface area contributed by atoms with Gasteiger partial charge in [0.25, 0.3) is 5.56 Å². The molecule has 0 aromatic carbocycles. The van der Waals surface area contributed by atoms with Gasteiger partial charge in [-0.2, -0.15) is 11.8 Å². The van der Waals surface area contributed by atoms with Gasteiger partial charge in [-0.15, -0.1) is 0 Å². The van der Waals surface area contributed by atoms with Gasteiger partial charge in [0.1, 0.15) is 5.82 Å². The summed E-state index contributed by atoms with van der Waals surface area (Å²) in [6.45, 7) is 0. The number of rotatable bonds is 1. The topological polar surface area (TPSA) is 45.8 Å². The number of fused-ring (bicyclic) bond motifs is 1. The molecular formula is C11H14N2OS. The van der Waals surface area contributed by atoms with Crippen LogP contribution in [0.4, 0.5) is 0 Å². The molecule has 1 N–H and O–H groups in total. The molecule has 0 saturated heterocycles. The van der Waals surface area contributed by atoms with Crippen molar-refractivity contribution in [3.63, 3.8) is 0 Å². The Morgan fingerprint density at radius 2 is 2.07 bits per heavy atom. The van der Waals surface area contributed by atoms with E-state index in [9.17, 15) is 4.79 Å². The zero-order valence-electron chi connectivity index (χ0n) is 8.58. The lowest BCUT2D eigenvalue weighted by Crippen LogP contribution is -2.18. The van der Waals surface area contributed by atoms with Gasteiger partial charge in [0, 0.05) is 23.0 Å². The summed E-state index contributed by atoms with van der Waals surface area (Å²) in [6.07, 6.45) is 4.93. The molecule has 15 heavy (non-hydrogen) atoms. The van der Waals surface area contributed by atoms with Crippen molar-refractivity contribution >= 4 is 11.8 Å². The Kier molecular flexibility index (Phi) is 2.31. The number of hydrogen-bond acceptors (Lipinski definition) is 3. The molecule has 0 amide bonds. The van der Waals surface area contributed by atoms with Crippen LogP contribution in [0.5, 0.6) is 0 Å². The van der Waals surface area contributed by atoms with Crippen LogP contribution in [0, 0.1) is 0 Å². The summed E-state index contributed by atoms with van der Waals surface area (Å²) in [4.78, 5) is 19.4. The first kappa shape index (κ1) is 9.46. The highest BCUT2D eigenvalue weighted by Crippen LogP contribution is 2.33. The van der Waals surface area contributed by atoms with Crippen molar-refractivity contribution in [1.29, 1.82) is 0 Å². The second-order valence-corrected chi connectivity index (χ2v) is 5.34. The number of aromatic nitrogens is 2. The summed E-state index contributed by atoms with van der Waals surface area (Å²) in [7, 11) is 0. The van der Waals surface area contributed by atoms with Crippen molar-refractivity contribution in [2.75, 3.05) is 0 Å². The van der Waals surface area contributed by atoms with Crippen molar-refractivity contribution in [3.05, 3.63) is 27.4 Å². The summed E-state index contributed by atoms with van der Waals surface area (Å²) in [5.41, 5.74) is 2.04. The second kappa shape index (κ2) is 3.67. The normalized spacial score (nSPS) is 20.8. The third kappa shape index (κ3) is 1.61. The first-order chi connectivity index (χ1) is 7.34. The van der Waals surface area contributed by atoms with E-state index in [1.807, 2.05) is 0 Å². The second-order valence-electron chi connectivity index (χ2n) is 4.35. The Morgan fingerprint density at radius 1 is 1.27 bits per heavy atom. The average molecular weight is 222 g/mol. The van der Waals surface area contributed by atoms with E-state index in [0.717, 1.165) is 28.6 Å². The van der Waals surface area contributed by atoms with E-state index >= 15 is 0 Å². The standard InChI is InChI=1S/C11H14N2OS/c14-11-8-5-15-6-9(8)12-10(13-11)7-3-1-2-4-7/h7H,1-6H2,(H,12,13,14). The van der Waals surface area contributed by atoms with Gasteiger partial charge < -0.3 is 4.98 Å². The molecule has 2 heterocycles. The molecule has 0 spiro atoms. The molecular weight excluding hydrogens is 208 g/mol. The lowest BCUT2D eigenvalue weighted by atomic mass is 10.1. The van der Waals surface area contributed by atoms with Gasteiger partial charge in [-0.25, -0.2) is 4.98 Å². The van der Waals surface area contributed by atoms with Crippen molar-refractivity contribution in [2.45, 2.75) is 43.1 Å². The quantitative estimate of drug-likeness (QED) is 0.792. The molecule has 3 nitrogen and oxygen atoms in total. The maximum Gasteiger partial charge on any atom is 0.255 e. The highest BCUT2D eigenvalue weighted by molar-refractivity contribution is 7.98. The molecule has 0 bridgehead atoms. The van der Waals surface area contributed by atoms with Crippen LogP contribution < -0.4 is 5.56 Å². The fourth-order valence-electron chi connectivity index (χ4n) is 2.47. The average Bonchev–Trinajstić information content (AvgIpc) is 2.88. The van der Waals surface area contributed by atoms with E-state index in [-0.39, 0.29) is 5.56 Å². The predicted molar refractivity (Wildman–Crippen MR) is 61.1 cm³/mol. The fraction of sp³-hybridized carbons (Fsp3) is 0.636. The van der Waals surface area contributed by atoms with Crippen LogP contribution in [0.2, 0.25) is 0 Å². The summed E-state index contributed by atoms with van der Waals surface area (Å²) in [6, 6.07) is 0. The Hall–Kier alpha value is -0.770. The molecule has 0 radical (unpaired) electrons. The first-order valence-electron chi connectivity index (χ1n) is 5.54. The minimum atomic E-state index is 0.104. The largest absolute Gasteiger partial charge is 0.310 e. The number of nitrogens with one attached hydrogen (secondary N) is 1. The van der Waals surface area contributed by atoms with E-state index in [1.165, 1.54) is 25.7 Å². The van der Waals surface area contributed by atoms with Gasteiger partial charge in [-0.3, -0.25) is 4.79 Å². The summed E-state index contributed by atoms with van der Waals surface area (Å²) >= 11 is 1.79. The van der Waals surface area contributed by atoms with E-state index in [4.69, 9.17) is 0 Å². The molecule has 1 aromatic rings. The van der Waals surface area contributed by atoms with E-state index in [1.54, 1.807) is 11.8 Å². The van der Waals surface area contributed by atoms with Crippen LogP contribution in [0.15, 0.2) is 4.79 Å². The van der Waals surface area contributed by atoms with E-state index in [2.05, 4.69) is 9.97 Å². The monoisotopic (exact) mass is 222 g/mol. The number of hydrogen-bond donors (Lipinski definition) is 1. The van der Waals surface area contributed by atoms with Crippen LogP contribution in [0.25, 0.3) is 0 Å². The summed E-state index contributed by atoms with van der Waals surface area (Å²) in [5.74, 6) is 3.20. The molecule has 1 saturated carbocycles. The Morgan fingerprint density at radius 3 is 2.87 bits per heavy atom. The number of thioether (sulfide) groups is 1. The molecule has 80 valence electrons. The van der Waals surface area contributed by atoms with E-state index in [0.29, 0.717) is 5.92 Å². The van der Waals surface area contributed by atoms with Gasteiger partial charge in [0.2, 0.25) is 0 Å². The summed E-state index contributed by atoms with van der Waals surface area (Å²) in [5, 5.41) is 0. The molecule has 1 aliphatic heterocycles. The molecule has 1 aromatic heterocycles. The molecule has 0 atom stereocenters. The third-order valence-corrected chi connectivity index (χ3v) is 4.32. The van der Waals surface area contributed by atoms with Gasteiger partial charge in [-0.1, -0.05) is 12.8 Å². The molecule has 1 aliphatic carbocycles. The zero-order chi connectivity index (χ0) is 10.3. The van der Waals surface area contributed by atoms with Crippen molar-refractivity contribution < 1.29 is 0 Å². The Labute approximate surface area is 92.7 Å². The fourth-order valence-corrected chi connectivity index (χ4v) is 3.51. The Balaban J connectivity index is 2.03. The third-order valence-electron chi connectivity index (χ3n) is 3.35. The minimum Gasteiger partial charge on any atom is -0.310 e. The molecule has 1 fully saturated rings. The van der Waals surface area contributed by atoms with Crippen molar-refractivity contribution in [3.8, 4) is 0 Å². The van der Waals surface area contributed by atoms with E-state index < -0.39 is 0 Å². The number of H-pyrrole nitrogens is 1. The summed E-state index contributed by atoms with van der Waals surface area (Å²) < 4.78 is 0. The molecule has 3 rings (SSSR count).